The van der Waals surface area contributed by atoms with Crippen LogP contribution in [0.1, 0.15) is 46.5 Å². The molecule has 0 heterocycles. The third-order valence-corrected chi connectivity index (χ3v) is 3.00. The van der Waals surface area contributed by atoms with E-state index in [0.29, 0.717) is 18.5 Å². The highest BCUT2D eigenvalue weighted by Crippen LogP contribution is 2.27. The van der Waals surface area contributed by atoms with Gasteiger partial charge >= 0.3 is 0 Å². The Bertz CT molecular complexity index is 212. The predicted octanol–water partition coefficient (Wildman–Crippen LogP) is 1.93. The van der Waals surface area contributed by atoms with Crippen LogP contribution in [0.4, 0.5) is 0 Å². The third kappa shape index (κ3) is 6.83. The average molecular weight is 226 g/mol. The van der Waals surface area contributed by atoms with Gasteiger partial charge in [0.2, 0.25) is 5.91 Å². The molecule has 1 aliphatic carbocycles. The highest BCUT2D eigenvalue weighted by atomic mass is 16.1. The van der Waals surface area contributed by atoms with Gasteiger partial charge in [-0.15, -0.1) is 0 Å². The fourth-order valence-corrected chi connectivity index (χ4v) is 1.69. The van der Waals surface area contributed by atoms with Gasteiger partial charge in [0, 0.05) is 6.04 Å². The van der Waals surface area contributed by atoms with Gasteiger partial charge in [-0.3, -0.25) is 4.79 Å². The van der Waals surface area contributed by atoms with E-state index in [1.807, 2.05) is 0 Å². The maximum Gasteiger partial charge on any atom is 0.234 e. The molecule has 3 heteroatoms. The van der Waals surface area contributed by atoms with Gasteiger partial charge in [0.05, 0.1) is 6.54 Å². The molecule has 1 atom stereocenters. The molecule has 1 rings (SSSR count). The predicted molar refractivity (Wildman–Crippen MR) is 67.3 cm³/mol. The van der Waals surface area contributed by atoms with Gasteiger partial charge in [0.1, 0.15) is 0 Å². The Balaban J connectivity index is 1.98. The molecule has 2 N–H and O–H groups in total. The van der Waals surface area contributed by atoms with E-state index in [1.54, 1.807) is 0 Å². The van der Waals surface area contributed by atoms with Crippen LogP contribution in [-0.4, -0.2) is 25.0 Å². The number of amides is 1. The van der Waals surface area contributed by atoms with Crippen molar-refractivity contribution < 1.29 is 4.79 Å². The summed E-state index contributed by atoms with van der Waals surface area (Å²) in [5.41, 5.74) is 0. The van der Waals surface area contributed by atoms with Crippen molar-refractivity contribution in [2.75, 3.05) is 13.1 Å². The van der Waals surface area contributed by atoms with Crippen molar-refractivity contribution in [1.82, 2.24) is 10.6 Å². The zero-order chi connectivity index (χ0) is 12.0. The molecule has 0 spiro atoms. The van der Waals surface area contributed by atoms with E-state index < -0.39 is 0 Å². The second kappa shape index (κ2) is 6.89. The van der Waals surface area contributed by atoms with Crippen molar-refractivity contribution in [2.45, 2.75) is 52.5 Å². The summed E-state index contributed by atoms with van der Waals surface area (Å²) in [6.45, 7) is 7.99. The fraction of sp³-hybridized carbons (Fsp3) is 0.923. The van der Waals surface area contributed by atoms with Crippen LogP contribution in [0.15, 0.2) is 0 Å². The minimum absolute atomic E-state index is 0.136. The lowest BCUT2D eigenvalue weighted by Gasteiger charge is -2.15. The number of carbonyl (C=O) groups is 1. The Morgan fingerprint density at radius 2 is 1.94 bits per heavy atom. The van der Waals surface area contributed by atoms with Gasteiger partial charge in [-0.1, -0.05) is 13.8 Å². The van der Waals surface area contributed by atoms with E-state index in [9.17, 15) is 4.79 Å². The second-order valence-corrected chi connectivity index (χ2v) is 5.51. The molecule has 0 saturated heterocycles. The zero-order valence-electron chi connectivity index (χ0n) is 10.9. The molecule has 1 saturated carbocycles. The summed E-state index contributed by atoms with van der Waals surface area (Å²) in [4.78, 5) is 11.5. The van der Waals surface area contributed by atoms with Gasteiger partial charge in [-0.25, -0.2) is 0 Å². The van der Waals surface area contributed by atoms with Crippen molar-refractivity contribution >= 4 is 5.91 Å². The highest BCUT2D eigenvalue weighted by molar-refractivity contribution is 5.78. The molecular formula is C13H26N2O. The molecule has 1 fully saturated rings. The first-order chi connectivity index (χ1) is 7.58. The topological polar surface area (TPSA) is 41.1 Å². The molecule has 0 bridgehead atoms. The van der Waals surface area contributed by atoms with Crippen LogP contribution in [0.5, 0.6) is 0 Å². The SMILES string of the molecule is CC(C)CCC(C)NC(=O)CNCC1CC1. The average Bonchev–Trinajstić information content (AvgIpc) is 2.98. The largest absolute Gasteiger partial charge is 0.353 e. The van der Waals surface area contributed by atoms with Gasteiger partial charge in [0.25, 0.3) is 0 Å². The van der Waals surface area contributed by atoms with Crippen LogP contribution >= 0.6 is 0 Å². The number of hydrogen-bond acceptors (Lipinski definition) is 2. The molecule has 0 radical (unpaired) electrons. The maximum atomic E-state index is 11.5. The molecule has 1 amide bonds. The van der Waals surface area contributed by atoms with Crippen LogP contribution in [-0.2, 0) is 4.79 Å². The summed E-state index contributed by atoms with van der Waals surface area (Å²) in [5.74, 6) is 1.69. The quantitative estimate of drug-likeness (QED) is 0.664. The highest BCUT2D eigenvalue weighted by Gasteiger charge is 2.20. The summed E-state index contributed by atoms with van der Waals surface area (Å²) in [6.07, 6.45) is 4.92. The van der Waals surface area contributed by atoms with E-state index in [-0.39, 0.29) is 5.91 Å². The van der Waals surface area contributed by atoms with Gasteiger partial charge in [0.15, 0.2) is 0 Å². The molecule has 1 aliphatic rings. The third-order valence-electron chi connectivity index (χ3n) is 3.00. The Labute approximate surface area is 99.4 Å². The minimum Gasteiger partial charge on any atom is -0.353 e. The summed E-state index contributed by atoms with van der Waals surface area (Å²) in [6, 6.07) is 0.303. The molecule has 94 valence electrons. The lowest BCUT2D eigenvalue weighted by atomic mass is 10.0. The molecule has 0 aliphatic heterocycles. The van der Waals surface area contributed by atoms with Crippen LogP contribution in [0.3, 0.4) is 0 Å². The van der Waals surface area contributed by atoms with Crippen molar-refractivity contribution in [3.8, 4) is 0 Å². The van der Waals surface area contributed by atoms with E-state index in [4.69, 9.17) is 0 Å². The van der Waals surface area contributed by atoms with Crippen LogP contribution in [0.25, 0.3) is 0 Å². The normalized spacial score (nSPS) is 17.5. The molecule has 3 nitrogen and oxygen atoms in total. The zero-order valence-corrected chi connectivity index (χ0v) is 10.9. The van der Waals surface area contributed by atoms with E-state index in [1.165, 1.54) is 19.3 Å². The van der Waals surface area contributed by atoms with Gasteiger partial charge in [-0.05, 0) is 51.0 Å². The van der Waals surface area contributed by atoms with Crippen molar-refractivity contribution in [1.29, 1.82) is 0 Å². The lowest BCUT2D eigenvalue weighted by molar-refractivity contribution is -0.120. The molecule has 0 aromatic heterocycles. The monoisotopic (exact) mass is 226 g/mol. The Hall–Kier alpha value is -0.570. The first-order valence-electron chi connectivity index (χ1n) is 6.58. The first kappa shape index (κ1) is 13.5. The van der Waals surface area contributed by atoms with Crippen molar-refractivity contribution in [3.63, 3.8) is 0 Å². The second-order valence-electron chi connectivity index (χ2n) is 5.51. The summed E-state index contributed by atoms with van der Waals surface area (Å²) in [7, 11) is 0. The smallest absolute Gasteiger partial charge is 0.234 e. The minimum atomic E-state index is 0.136. The summed E-state index contributed by atoms with van der Waals surface area (Å²) in [5, 5.41) is 6.23. The fourth-order valence-electron chi connectivity index (χ4n) is 1.69. The van der Waals surface area contributed by atoms with Crippen molar-refractivity contribution in [2.24, 2.45) is 11.8 Å². The van der Waals surface area contributed by atoms with Crippen LogP contribution in [0.2, 0.25) is 0 Å². The summed E-state index contributed by atoms with van der Waals surface area (Å²) < 4.78 is 0. The Morgan fingerprint density at radius 3 is 2.50 bits per heavy atom. The molecular weight excluding hydrogens is 200 g/mol. The number of hydrogen-bond donors (Lipinski definition) is 2. The molecule has 0 aromatic rings. The maximum absolute atomic E-state index is 11.5. The number of nitrogens with one attached hydrogen (secondary N) is 2. The molecule has 1 unspecified atom stereocenters. The number of rotatable bonds is 8. The first-order valence-corrected chi connectivity index (χ1v) is 6.58. The van der Waals surface area contributed by atoms with Gasteiger partial charge in [-0.2, -0.15) is 0 Å². The standard InChI is InChI=1S/C13H26N2O/c1-10(2)4-5-11(3)15-13(16)9-14-8-12-6-7-12/h10-12,14H,4-9H2,1-3H3,(H,15,16). The molecule has 0 aromatic carbocycles. The van der Waals surface area contributed by atoms with E-state index in [2.05, 4.69) is 31.4 Å². The van der Waals surface area contributed by atoms with Crippen molar-refractivity contribution in [3.05, 3.63) is 0 Å². The Kier molecular flexibility index (Phi) is 5.81. The Morgan fingerprint density at radius 1 is 1.25 bits per heavy atom. The van der Waals surface area contributed by atoms with Crippen LogP contribution < -0.4 is 10.6 Å². The lowest BCUT2D eigenvalue weighted by Crippen LogP contribution is -2.39. The van der Waals surface area contributed by atoms with Crippen LogP contribution in [0, 0.1) is 11.8 Å². The molecule has 16 heavy (non-hydrogen) atoms. The number of carbonyl (C=O) groups excluding carboxylic acids is 1. The van der Waals surface area contributed by atoms with E-state index in [0.717, 1.165) is 18.9 Å². The van der Waals surface area contributed by atoms with Gasteiger partial charge < -0.3 is 10.6 Å². The van der Waals surface area contributed by atoms with E-state index >= 15 is 0 Å². The summed E-state index contributed by atoms with van der Waals surface area (Å²) >= 11 is 0.